The lowest BCUT2D eigenvalue weighted by atomic mass is 9.95. The van der Waals surface area contributed by atoms with Gasteiger partial charge in [-0.15, -0.1) is 11.3 Å². The van der Waals surface area contributed by atoms with E-state index >= 15 is 0 Å². The number of anilines is 1. The van der Waals surface area contributed by atoms with Crippen molar-refractivity contribution < 1.29 is 18.7 Å². The van der Waals surface area contributed by atoms with Gasteiger partial charge in [0.05, 0.1) is 24.0 Å². The lowest BCUT2D eigenvalue weighted by Gasteiger charge is -2.13. The van der Waals surface area contributed by atoms with Gasteiger partial charge in [-0.3, -0.25) is 9.59 Å². The minimum absolute atomic E-state index is 0.160. The molecule has 8 heteroatoms. The number of nitrogens with one attached hydrogen (secondary N) is 2. The first-order valence-corrected chi connectivity index (χ1v) is 10.2. The molecule has 4 rings (SSSR count). The van der Waals surface area contributed by atoms with Gasteiger partial charge in [-0.2, -0.15) is 0 Å². The molecule has 7 nitrogen and oxygen atoms in total. The third-order valence-corrected chi connectivity index (χ3v) is 6.32. The van der Waals surface area contributed by atoms with E-state index in [0.29, 0.717) is 35.0 Å². The number of hydrogen-bond donors (Lipinski definition) is 2. The third-order valence-electron chi connectivity index (χ3n) is 5.11. The average Bonchev–Trinajstić information content (AvgIpc) is 3.36. The molecule has 3 heterocycles. The minimum atomic E-state index is -0.251. The quantitative estimate of drug-likeness (QED) is 0.621. The molecule has 0 unspecified atom stereocenters. The molecule has 0 saturated carbocycles. The zero-order valence-corrected chi connectivity index (χ0v) is 16.8. The molecule has 0 bridgehead atoms. The van der Waals surface area contributed by atoms with Gasteiger partial charge in [0, 0.05) is 37.7 Å². The molecular formula is C20H23N3O4S. The molecule has 2 N–H and O–H groups in total. The number of rotatable bonds is 6. The molecule has 0 aromatic carbocycles. The summed E-state index contributed by atoms with van der Waals surface area (Å²) in [7, 11) is 3.42. The van der Waals surface area contributed by atoms with Crippen LogP contribution in [0.1, 0.15) is 44.1 Å². The highest BCUT2D eigenvalue weighted by Crippen LogP contribution is 2.38. The second kappa shape index (κ2) is 7.81. The van der Waals surface area contributed by atoms with Crippen LogP contribution >= 0.6 is 11.3 Å². The Morgan fingerprint density at radius 1 is 1.29 bits per heavy atom. The maximum atomic E-state index is 12.9. The summed E-state index contributed by atoms with van der Waals surface area (Å²) in [6.07, 6.45) is 5.59. The maximum Gasteiger partial charge on any atom is 0.273 e. The summed E-state index contributed by atoms with van der Waals surface area (Å²) in [5, 5.41) is 6.48. The zero-order chi connectivity index (χ0) is 19.7. The van der Waals surface area contributed by atoms with Crippen molar-refractivity contribution in [2.24, 2.45) is 7.05 Å². The Labute approximate surface area is 166 Å². The van der Waals surface area contributed by atoms with Crippen LogP contribution in [0.2, 0.25) is 0 Å². The molecule has 0 spiro atoms. The molecule has 1 aliphatic carbocycles. The summed E-state index contributed by atoms with van der Waals surface area (Å²) in [5.41, 5.74) is 3.68. The molecule has 0 fully saturated rings. The van der Waals surface area contributed by atoms with Gasteiger partial charge in [0.1, 0.15) is 10.7 Å². The number of ether oxygens (including phenoxy) is 1. The fourth-order valence-corrected chi connectivity index (χ4v) is 4.97. The van der Waals surface area contributed by atoms with E-state index in [9.17, 15) is 9.59 Å². The first-order chi connectivity index (χ1) is 13.6. The number of nitrogens with zero attached hydrogens (tertiary/aromatic N) is 1. The van der Waals surface area contributed by atoms with E-state index < -0.39 is 0 Å². The number of hydrogen-bond acceptors (Lipinski definition) is 5. The molecule has 0 radical (unpaired) electrons. The van der Waals surface area contributed by atoms with Crippen LogP contribution in [0, 0.1) is 0 Å². The predicted octanol–water partition coefficient (Wildman–Crippen LogP) is 3.34. The highest BCUT2D eigenvalue weighted by atomic mass is 32.1. The maximum absolute atomic E-state index is 12.9. The number of aromatic nitrogens is 1. The van der Waals surface area contributed by atoms with Crippen molar-refractivity contribution in [3.8, 4) is 0 Å². The van der Waals surface area contributed by atoms with Gasteiger partial charge in [-0.05, 0) is 31.2 Å². The van der Waals surface area contributed by atoms with Gasteiger partial charge < -0.3 is 24.4 Å². The normalized spacial score (nSPS) is 13.5. The van der Waals surface area contributed by atoms with Crippen LogP contribution in [0.5, 0.6) is 0 Å². The van der Waals surface area contributed by atoms with Crippen LogP contribution in [0.25, 0.3) is 11.1 Å². The Bertz CT molecular complexity index is 1030. The van der Waals surface area contributed by atoms with E-state index in [-0.39, 0.29) is 11.8 Å². The summed E-state index contributed by atoms with van der Waals surface area (Å²) < 4.78 is 12.2. The van der Waals surface area contributed by atoms with Crippen LogP contribution in [0.15, 0.2) is 22.8 Å². The topological polar surface area (TPSA) is 85.5 Å². The van der Waals surface area contributed by atoms with Crippen molar-refractivity contribution in [2.75, 3.05) is 25.6 Å². The Kier molecular flexibility index (Phi) is 5.23. The molecular weight excluding hydrogens is 378 g/mol. The fraction of sp³-hybridized carbons (Fsp3) is 0.400. The lowest BCUT2D eigenvalue weighted by molar-refractivity contribution is 0.0937. The molecule has 0 aliphatic heterocycles. The van der Waals surface area contributed by atoms with E-state index in [2.05, 4.69) is 10.6 Å². The largest absolute Gasteiger partial charge is 0.463 e. The number of aryl methyl sites for hydroxylation is 2. The Morgan fingerprint density at radius 3 is 2.89 bits per heavy atom. The van der Waals surface area contributed by atoms with Crippen LogP contribution < -0.4 is 10.6 Å². The van der Waals surface area contributed by atoms with E-state index in [0.717, 1.165) is 36.8 Å². The van der Waals surface area contributed by atoms with Gasteiger partial charge >= 0.3 is 0 Å². The highest BCUT2D eigenvalue weighted by Gasteiger charge is 2.27. The van der Waals surface area contributed by atoms with Gasteiger partial charge in [-0.25, -0.2) is 0 Å². The SMILES string of the molecule is COCCNC(=O)c1c(NC(=O)c2cc3occc3n2C)sc2c1CCCC2. The molecule has 3 aromatic rings. The average molecular weight is 401 g/mol. The first kappa shape index (κ1) is 18.8. The van der Waals surface area contributed by atoms with Crippen molar-refractivity contribution in [3.05, 3.63) is 40.1 Å². The molecule has 28 heavy (non-hydrogen) atoms. The number of carbonyl (C=O) groups is 2. The first-order valence-electron chi connectivity index (χ1n) is 9.36. The standard InChI is InChI=1S/C20H23N3O4S/c1-23-13-7-9-27-15(13)11-14(23)18(24)22-20-17(19(25)21-8-10-26-2)12-5-3-4-6-16(12)28-20/h7,9,11H,3-6,8,10H2,1-2H3,(H,21,25)(H,22,24). The van der Waals surface area contributed by atoms with E-state index in [4.69, 9.17) is 9.15 Å². The number of amides is 2. The van der Waals surface area contributed by atoms with Crippen LogP contribution in [0.3, 0.4) is 0 Å². The molecule has 1 aliphatic rings. The molecule has 0 atom stereocenters. The molecule has 3 aromatic heterocycles. The summed E-state index contributed by atoms with van der Waals surface area (Å²) in [5.74, 6) is -0.411. The predicted molar refractivity (Wildman–Crippen MR) is 108 cm³/mol. The molecule has 0 saturated heterocycles. The van der Waals surface area contributed by atoms with Gasteiger partial charge in [0.15, 0.2) is 5.58 Å². The summed E-state index contributed by atoms with van der Waals surface area (Å²) in [6.45, 7) is 0.879. The van der Waals surface area contributed by atoms with Gasteiger partial charge in [0.2, 0.25) is 0 Å². The molecule has 2 amide bonds. The zero-order valence-electron chi connectivity index (χ0n) is 16.0. The van der Waals surface area contributed by atoms with Gasteiger partial charge in [-0.1, -0.05) is 0 Å². The molecule has 148 valence electrons. The number of thiophene rings is 1. The Hall–Kier alpha value is -2.58. The van der Waals surface area contributed by atoms with Crippen molar-refractivity contribution in [3.63, 3.8) is 0 Å². The number of furan rings is 1. The second-order valence-electron chi connectivity index (χ2n) is 6.88. The smallest absolute Gasteiger partial charge is 0.273 e. The number of fused-ring (bicyclic) bond motifs is 2. The van der Waals surface area contributed by atoms with Crippen LogP contribution in [-0.2, 0) is 24.6 Å². The minimum Gasteiger partial charge on any atom is -0.463 e. The van der Waals surface area contributed by atoms with Crippen molar-refractivity contribution in [2.45, 2.75) is 25.7 Å². The Balaban J connectivity index is 1.63. The van der Waals surface area contributed by atoms with E-state index in [1.165, 1.54) is 16.2 Å². The summed E-state index contributed by atoms with van der Waals surface area (Å²) in [6, 6.07) is 3.54. The fourth-order valence-electron chi connectivity index (χ4n) is 3.68. The summed E-state index contributed by atoms with van der Waals surface area (Å²) >= 11 is 1.51. The monoisotopic (exact) mass is 401 g/mol. The van der Waals surface area contributed by atoms with Gasteiger partial charge in [0.25, 0.3) is 11.8 Å². The lowest BCUT2D eigenvalue weighted by Crippen LogP contribution is -2.29. The van der Waals surface area contributed by atoms with Crippen LogP contribution in [0.4, 0.5) is 5.00 Å². The van der Waals surface area contributed by atoms with E-state index in [1.54, 1.807) is 24.0 Å². The number of carbonyl (C=O) groups excluding carboxylic acids is 2. The third kappa shape index (κ3) is 3.33. The van der Waals surface area contributed by atoms with Crippen molar-refractivity contribution >= 4 is 39.3 Å². The Morgan fingerprint density at radius 2 is 2.11 bits per heavy atom. The van der Waals surface area contributed by atoms with E-state index in [1.807, 2.05) is 13.1 Å². The van der Waals surface area contributed by atoms with Crippen molar-refractivity contribution in [1.82, 2.24) is 9.88 Å². The van der Waals surface area contributed by atoms with Crippen LogP contribution in [-0.4, -0.2) is 36.6 Å². The van der Waals surface area contributed by atoms with Crippen molar-refractivity contribution in [1.29, 1.82) is 0 Å². The second-order valence-corrected chi connectivity index (χ2v) is 7.98. The highest BCUT2D eigenvalue weighted by molar-refractivity contribution is 7.17. The number of methoxy groups -OCH3 is 1. The summed E-state index contributed by atoms with van der Waals surface area (Å²) in [4.78, 5) is 27.0.